The smallest absolute Gasteiger partial charge is 0.255 e. The third-order valence-corrected chi connectivity index (χ3v) is 5.99. The molecule has 0 aliphatic rings. The van der Waals surface area contributed by atoms with Crippen LogP contribution in [0.3, 0.4) is 0 Å². The van der Waals surface area contributed by atoms with Gasteiger partial charge >= 0.3 is 0 Å². The fourth-order valence-electron chi connectivity index (χ4n) is 2.96. The van der Waals surface area contributed by atoms with Gasteiger partial charge in [0.25, 0.3) is 5.91 Å². The Morgan fingerprint density at radius 2 is 1.87 bits per heavy atom. The van der Waals surface area contributed by atoms with Crippen molar-refractivity contribution in [3.63, 3.8) is 0 Å². The lowest BCUT2D eigenvalue weighted by Crippen LogP contribution is -2.13. The molecule has 0 saturated heterocycles. The summed E-state index contributed by atoms with van der Waals surface area (Å²) >= 11 is 14.2. The molecule has 0 saturated carbocycles. The van der Waals surface area contributed by atoms with Crippen molar-refractivity contribution in [3.05, 3.63) is 76.3 Å². The summed E-state index contributed by atoms with van der Waals surface area (Å²) in [7, 11) is 0. The molecule has 30 heavy (non-hydrogen) atoms. The molecule has 1 heterocycles. The standard InChI is InChI=1S/C23H18Cl2N2O2S/c1-2-11-29-16-9-7-14(8-10-16)22(28)27-21-17(12-15(24)13-18(21)25)23-26-19-5-3-4-6-20(19)30-23/h3-10,12-13H,2,11H2,1H3,(H,27,28). The fraction of sp³-hybridized carbons (Fsp3) is 0.130. The van der Waals surface area contributed by atoms with Crippen LogP contribution >= 0.6 is 34.5 Å². The zero-order valence-corrected chi connectivity index (χ0v) is 18.4. The Kier molecular flexibility index (Phi) is 6.23. The summed E-state index contributed by atoms with van der Waals surface area (Å²) in [5, 5.41) is 4.49. The Hall–Kier alpha value is -2.60. The lowest BCUT2D eigenvalue weighted by atomic mass is 10.1. The van der Waals surface area contributed by atoms with E-state index in [2.05, 4.69) is 10.3 Å². The minimum atomic E-state index is -0.274. The molecular weight excluding hydrogens is 439 g/mol. The molecule has 0 bridgehead atoms. The first-order valence-electron chi connectivity index (χ1n) is 9.44. The van der Waals surface area contributed by atoms with Gasteiger partial charge in [0.15, 0.2) is 0 Å². The number of carbonyl (C=O) groups is 1. The van der Waals surface area contributed by atoms with Crippen molar-refractivity contribution in [1.82, 2.24) is 4.98 Å². The quantitative estimate of drug-likeness (QED) is 0.330. The van der Waals surface area contributed by atoms with E-state index in [-0.39, 0.29) is 5.91 Å². The summed E-state index contributed by atoms with van der Waals surface area (Å²) in [6, 6.07) is 18.2. The molecule has 0 radical (unpaired) electrons. The van der Waals surface area contributed by atoms with Gasteiger partial charge < -0.3 is 10.1 Å². The van der Waals surface area contributed by atoms with E-state index < -0.39 is 0 Å². The van der Waals surface area contributed by atoms with Gasteiger partial charge in [0.05, 0.1) is 27.5 Å². The van der Waals surface area contributed by atoms with Crippen LogP contribution in [0.5, 0.6) is 5.75 Å². The van der Waals surface area contributed by atoms with Gasteiger partial charge in [-0.15, -0.1) is 11.3 Å². The average molecular weight is 457 g/mol. The Morgan fingerprint density at radius 3 is 2.60 bits per heavy atom. The number of anilines is 1. The van der Waals surface area contributed by atoms with Crippen LogP contribution in [0.2, 0.25) is 10.0 Å². The molecule has 152 valence electrons. The number of aromatic nitrogens is 1. The van der Waals surface area contributed by atoms with E-state index in [9.17, 15) is 4.79 Å². The second-order valence-electron chi connectivity index (χ2n) is 6.62. The number of benzene rings is 3. The van der Waals surface area contributed by atoms with Gasteiger partial charge in [0.1, 0.15) is 10.8 Å². The van der Waals surface area contributed by atoms with Gasteiger partial charge in [-0.3, -0.25) is 4.79 Å². The largest absolute Gasteiger partial charge is 0.494 e. The normalized spacial score (nSPS) is 10.9. The summed E-state index contributed by atoms with van der Waals surface area (Å²) in [4.78, 5) is 17.6. The molecule has 1 aromatic heterocycles. The molecule has 4 aromatic rings. The van der Waals surface area contributed by atoms with Crippen molar-refractivity contribution in [2.45, 2.75) is 13.3 Å². The number of thiazole rings is 1. The van der Waals surface area contributed by atoms with E-state index in [0.29, 0.717) is 33.5 Å². The first-order chi connectivity index (χ1) is 14.5. The summed E-state index contributed by atoms with van der Waals surface area (Å²) in [6.45, 7) is 2.68. The Balaban J connectivity index is 1.66. The van der Waals surface area contributed by atoms with E-state index >= 15 is 0 Å². The molecule has 4 rings (SSSR count). The second-order valence-corrected chi connectivity index (χ2v) is 8.50. The topological polar surface area (TPSA) is 51.2 Å². The minimum Gasteiger partial charge on any atom is -0.494 e. The van der Waals surface area contributed by atoms with Crippen molar-refractivity contribution < 1.29 is 9.53 Å². The van der Waals surface area contributed by atoms with Crippen LogP contribution in [0.15, 0.2) is 60.7 Å². The number of ether oxygens (including phenoxy) is 1. The molecule has 4 nitrogen and oxygen atoms in total. The van der Waals surface area contributed by atoms with Gasteiger partial charge in [0.2, 0.25) is 0 Å². The monoisotopic (exact) mass is 456 g/mol. The molecule has 0 fully saturated rings. The number of halogens is 2. The van der Waals surface area contributed by atoms with Gasteiger partial charge in [-0.05, 0) is 55.0 Å². The second kappa shape index (κ2) is 9.04. The zero-order chi connectivity index (χ0) is 21.1. The highest BCUT2D eigenvalue weighted by atomic mass is 35.5. The van der Waals surface area contributed by atoms with Gasteiger partial charge in [-0.2, -0.15) is 0 Å². The number of nitrogens with one attached hydrogen (secondary N) is 1. The Bertz CT molecular complexity index is 1170. The summed E-state index contributed by atoms with van der Waals surface area (Å²) < 4.78 is 6.62. The number of carbonyl (C=O) groups excluding carboxylic acids is 1. The Labute approximate surface area is 188 Å². The zero-order valence-electron chi connectivity index (χ0n) is 16.1. The van der Waals surface area contributed by atoms with Crippen molar-refractivity contribution in [1.29, 1.82) is 0 Å². The van der Waals surface area contributed by atoms with E-state index in [1.807, 2.05) is 31.2 Å². The molecule has 0 unspecified atom stereocenters. The van der Waals surface area contributed by atoms with E-state index in [4.69, 9.17) is 27.9 Å². The highest BCUT2D eigenvalue weighted by Gasteiger charge is 2.18. The molecule has 1 N–H and O–H groups in total. The predicted octanol–water partition coefficient (Wildman–Crippen LogP) is 7.31. The summed E-state index contributed by atoms with van der Waals surface area (Å²) in [5.41, 5.74) is 2.55. The highest BCUT2D eigenvalue weighted by molar-refractivity contribution is 7.21. The average Bonchev–Trinajstić information content (AvgIpc) is 3.18. The number of hydrogen-bond donors (Lipinski definition) is 1. The SMILES string of the molecule is CCCOc1ccc(C(=O)Nc2c(Cl)cc(Cl)cc2-c2nc3ccccc3s2)cc1. The molecule has 1 amide bonds. The maximum absolute atomic E-state index is 12.9. The first-order valence-corrected chi connectivity index (χ1v) is 11.0. The van der Waals surface area contributed by atoms with Crippen LogP contribution in [0.4, 0.5) is 5.69 Å². The van der Waals surface area contributed by atoms with Crippen LogP contribution in [-0.4, -0.2) is 17.5 Å². The molecule has 7 heteroatoms. The number of nitrogens with zero attached hydrogens (tertiary/aromatic N) is 1. The molecule has 0 atom stereocenters. The van der Waals surface area contributed by atoms with Crippen molar-refractivity contribution in [2.75, 3.05) is 11.9 Å². The third-order valence-electron chi connectivity index (χ3n) is 4.41. The van der Waals surface area contributed by atoms with Crippen LogP contribution in [-0.2, 0) is 0 Å². The molecule has 0 aliphatic heterocycles. The van der Waals surface area contributed by atoms with E-state index in [0.717, 1.165) is 27.4 Å². The van der Waals surface area contributed by atoms with Gasteiger partial charge in [0, 0.05) is 16.1 Å². The number of fused-ring (bicyclic) bond motifs is 1. The van der Waals surface area contributed by atoms with Gasteiger partial charge in [-0.25, -0.2) is 4.98 Å². The highest BCUT2D eigenvalue weighted by Crippen LogP contribution is 2.40. The van der Waals surface area contributed by atoms with Crippen molar-refractivity contribution in [2.24, 2.45) is 0 Å². The number of rotatable bonds is 6. The lowest BCUT2D eigenvalue weighted by molar-refractivity contribution is 0.102. The molecule has 0 spiro atoms. The van der Waals surface area contributed by atoms with Gasteiger partial charge in [-0.1, -0.05) is 42.3 Å². The minimum absolute atomic E-state index is 0.274. The van der Waals surface area contributed by atoms with Crippen molar-refractivity contribution >= 4 is 56.3 Å². The first kappa shape index (κ1) is 20.7. The predicted molar refractivity (Wildman–Crippen MR) is 125 cm³/mol. The molecule has 3 aromatic carbocycles. The molecule has 0 aliphatic carbocycles. The van der Waals surface area contributed by atoms with Crippen molar-refractivity contribution in [3.8, 4) is 16.3 Å². The number of hydrogen-bond acceptors (Lipinski definition) is 4. The van der Waals surface area contributed by atoms with Crippen LogP contribution in [0, 0.1) is 0 Å². The van der Waals surface area contributed by atoms with E-state index in [1.54, 1.807) is 36.4 Å². The van der Waals surface area contributed by atoms with Crippen LogP contribution in [0.25, 0.3) is 20.8 Å². The third kappa shape index (κ3) is 4.43. The van der Waals surface area contributed by atoms with Crippen LogP contribution < -0.4 is 10.1 Å². The number of amides is 1. The number of para-hydroxylation sites is 1. The maximum atomic E-state index is 12.9. The Morgan fingerprint density at radius 1 is 1.10 bits per heavy atom. The van der Waals surface area contributed by atoms with Crippen LogP contribution in [0.1, 0.15) is 23.7 Å². The van der Waals surface area contributed by atoms with E-state index in [1.165, 1.54) is 11.3 Å². The fourth-order valence-corrected chi connectivity index (χ4v) is 4.49. The molecular formula is C23H18Cl2N2O2S. The summed E-state index contributed by atoms with van der Waals surface area (Å²) in [5.74, 6) is 0.455. The maximum Gasteiger partial charge on any atom is 0.255 e. The summed E-state index contributed by atoms with van der Waals surface area (Å²) in [6.07, 6.45) is 0.922. The lowest BCUT2D eigenvalue weighted by Gasteiger charge is -2.13.